The number of amides is 1. The fourth-order valence-electron chi connectivity index (χ4n) is 1.06. The van der Waals surface area contributed by atoms with E-state index in [9.17, 15) is 4.79 Å². The molecule has 0 N–H and O–H groups in total. The summed E-state index contributed by atoms with van der Waals surface area (Å²) in [5, 5.41) is 8.65. The van der Waals surface area contributed by atoms with Crippen LogP contribution in [0.2, 0.25) is 0 Å². The monoisotopic (exact) mass is 192 g/mol. The van der Waals surface area contributed by atoms with Gasteiger partial charge >= 0.3 is 0 Å². The lowest BCUT2D eigenvalue weighted by Gasteiger charge is -2.18. The Bertz CT molecular complexity index is 376. The SMILES string of the molecule is Cc1occc1C(=O)N(C)C(C)C#N. The molecule has 0 bridgehead atoms. The summed E-state index contributed by atoms with van der Waals surface area (Å²) in [7, 11) is 1.60. The standard InChI is InChI=1S/C10H12N2O2/c1-7(6-11)12(3)10(13)9-4-5-14-8(9)2/h4-5,7H,1-3H3. The molecule has 1 aromatic heterocycles. The van der Waals surface area contributed by atoms with E-state index >= 15 is 0 Å². The molecule has 0 spiro atoms. The topological polar surface area (TPSA) is 57.2 Å². The van der Waals surface area contributed by atoms with Gasteiger partial charge in [0.25, 0.3) is 5.91 Å². The highest BCUT2D eigenvalue weighted by atomic mass is 16.3. The van der Waals surface area contributed by atoms with Gasteiger partial charge < -0.3 is 9.32 Å². The number of nitriles is 1. The van der Waals surface area contributed by atoms with Crippen LogP contribution in [0, 0.1) is 18.3 Å². The number of hydrogen-bond donors (Lipinski definition) is 0. The van der Waals surface area contributed by atoms with Gasteiger partial charge in [0.2, 0.25) is 0 Å². The van der Waals surface area contributed by atoms with Crippen molar-refractivity contribution in [1.82, 2.24) is 4.90 Å². The van der Waals surface area contributed by atoms with Crippen LogP contribution in [0.3, 0.4) is 0 Å². The Hall–Kier alpha value is -1.76. The van der Waals surface area contributed by atoms with Crippen LogP contribution in [-0.4, -0.2) is 23.9 Å². The van der Waals surface area contributed by atoms with E-state index in [0.717, 1.165) is 0 Å². The Morgan fingerprint density at radius 2 is 2.36 bits per heavy atom. The minimum atomic E-state index is -0.434. The zero-order valence-corrected chi connectivity index (χ0v) is 8.44. The molecule has 1 heterocycles. The van der Waals surface area contributed by atoms with Crippen molar-refractivity contribution in [2.75, 3.05) is 7.05 Å². The Morgan fingerprint density at radius 1 is 1.71 bits per heavy atom. The molecule has 1 atom stereocenters. The molecule has 0 saturated carbocycles. The maximum Gasteiger partial charge on any atom is 0.258 e. The second kappa shape index (κ2) is 3.97. The predicted octanol–water partition coefficient (Wildman–Crippen LogP) is 1.57. The van der Waals surface area contributed by atoms with Gasteiger partial charge in [0, 0.05) is 7.05 Å². The normalized spacial score (nSPS) is 11.9. The van der Waals surface area contributed by atoms with E-state index < -0.39 is 6.04 Å². The Kier molecular flexibility index (Phi) is 2.92. The quantitative estimate of drug-likeness (QED) is 0.714. The van der Waals surface area contributed by atoms with Crippen molar-refractivity contribution in [3.8, 4) is 6.07 Å². The van der Waals surface area contributed by atoms with Crippen molar-refractivity contribution < 1.29 is 9.21 Å². The van der Waals surface area contributed by atoms with E-state index in [1.165, 1.54) is 11.2 Å². The van der Waals surface area contributed by atoms with Crippen molar-refractivity contribution in [3.05, 3.63) is 23.7 Å². The molecule has 1 aromatic rings. The van der Waals surface area contributed by atoms with Crippen molar-refractivity contribution in [2.45, 2.75) is 19.9 Å². The van der Waals surface area contributed by atoms with Crippen LogP contribution in [0.15, 0.2) is 16.7 Å². The molecule has 1 unspecified atom stereocenters. The molecule has 0 aliphatic heterocycles. The van der Waals surface area contributed by atoms with Gasteiger partial charge in [0.05, 0.1) is 17.9 Å². The predicted molar refractivity (Wildman–Crippen MR) is 50.6 cm³/mol. The summed E-state index contributed by atoms with van der Waals surface area (Å²) in [6.07, 6.45) is 1.47. The molecule has 1 amide bonds. The summed E-state index contributed by atoms with van der Waals surface area (Å²) in [6, 6.07) is 3.18. The number of carbonyl (C=O) groups excluding carboxylic acids is 1. The average molecular weight is 192 g/mol. The number of aryl methyl sites for hydroxylation is 1. The molecular weight excluding hydrogens is 180 g/mol. The second-order valence-corrected chi connectivity index (χ2v) is 3.11. The maximum atomic E-state index is 11.7. The van der Waals surface area contributed by atoms with Crippen molar-refractivity contribution in [2.24, 2.45) is 0 Å². The molecule has 0 aliphatic carbocycles. The lowest BCUT2D eigenvalue weighted by Crippen LogP contribution is -2.34. The first-order valence-corrected chi connectivity index (χ1v) is 4.28. The van der Waals surface area contributed by atoms with E-state index in [4.69, 9.17) is 9.68 Å². The minimum absolute atomic E-state index is 0.190. The minimum Gasteiger partial charge on any atom is -0.469 e. The summed E-state index contributed by atoms with van der Waals surface area (Å²) in [5.41, 5.74) is 0.509. The molecule has 14 heavy (non-hydrogen) atoms. The number of hydrogen-bond acceptors (Lipinski definition) is 3. The first-order chi connectivity index (χ1) is 6.57. The highest BCUT2D eigenvalue weighted by Gasteiger charge is 2.19. The Morgan fingerprint density at radius 3 is 2.79 bits per heavy atom. The van der Waals surface area contributed by atoms with Gasteiger partial charge in [-0.25, -0.2) is 0 Å². The van der Waals surface area contributed by atoms with Crippen LogP contribution < -0.4 is 0 Å². The highest BCUT2D eigenvalue weighted by Crippen LogP contribution is 2.12. The lowest BCUT2D eigenvalue weighted by molar-refractivity contribution is 0.0771. The van der Waals surface area contributed by atoms with E-state index in [1.54, 1.807) is 27.0 Å². The molecule has 74 valence electrons. The first kappa shape index (κ1) is 10.3. The zero-order valence-electron chi connectivity index (χ0n) is 8.44. The van der Waals surface area contributed by atoms with Gasteiger partial charge in [-0.1, -0.05) is 0 Å². The maximum absolute atomic E-state index is 11.7. The third-order valence-corrected chi connectivity index (χ3v) is 2.18. The van der Waals surface area contributed by atoms with Crippen LogP contribution in [0.5, 0.6) is 0 Å². The van der Waals surface area contributed by atoms with Crippen molar-refractivity contribution in [3.63, 3.8) is 0 Å². The molecule has 1 rings (SSSR count). The van der Waals surface area contributed by atoms with Gasteiger partial charge in [-0.2, -0.15) is 5.26 Å². The summed E-state index contributed by atoms with van der Waals surface area (Å²) in [6.45, 7) is 3.39. The van der Waals surface area contributed by atoms with E-state index in [1.807, 2.05) is 6.07 Å². The van der Waals surface area contributed by atoms with E-state index in [-0.39, 0.29) is 5.91 Å². The van der Waals surface area contributed by atoms with Crippen LogP contribution >= 0.6 is 0 Å². The molecule has 4 nitrogen and oxygen atoms in total. The summed E-state index contributed by atoms with van der Waals surface area (Å²) >= 11 is 0. The van der Waals surface area contributed by atoms with Gasteiger partial charge in [-0.15, -0.1) is 0 Å². The largest absolute Gasteiger partial charge is 0.469 e. The van der Waals surface area contributed by atoms with Gasteiger partial charge in [-0.05, 0) is 19.9 Å². The molecule has 0 fully saturated rings. The lowest BCUT2D eigenvalue weighted by atomic mass is 10.2. The number of furan rings is 1. The number of carbonyl (C=O) groups is 1. The third-order valence-electron chi connectivity index (χ3n) is 2.18. The summed E-state index contributed by atoms with van der Waals surface area (Å²) < 4.78 is 5.02. The van der Waals surface area contributed by atoms with Gasteiger partial charge in [0.15, 0.2) is 0 Å². The fourth-order valence-corrected chi connectivity index (χ4v) is 1.06. The zero-order chi connectivity index (χ0) is 10.7. The van der Waals surface area contributed by atoms with E-state index in [2.05, 4.69) is 0 Å². The number of nitrogens with zero attached hydrogens (tertiary/aromatic N) is 2. The van der Waals surface area contributed by atoms with Crippen molar-refractivity contribution in [1.29, 1.82) is 5.26 Å². The molecule has 4 heteroatoms. The van der Waals surface area contributed by atoms with Crippen LogP contribution in [0.25, 0.3) is 0 Å². The fraction of sp³-hybridized carbons (Fsp3) is 0.400. The molecule has 0 aliphatic rings. The molecular formula is C10H12N2O2. The first-order valence-electron chi connectivity index (χ1n) is 4.28. The second-order valence-electron chi connectivity index (χ2n) is 3.11. The van der Waals surface area contributed by atoms with Crippen LogP contribution in [0.1, 0.15) is 23.0 Å². The summed E-state index contributed by atoms with van der Waals surface area (Å²) in [5.74, 6) is 0.386. The van der Waals surface area contributed by atoms with E-state index in [0.29, 0.717) is 11.3 Å². The third kappa shape index (κ3) is 1.77. The Labute approximate surface area is 82.7 Å². The van der Waals surface area contributed by atoms with Gasteiger partial charge in [0.1, 0.15) is 11.8 Å². The molecule has 0 radical (unpaired) electrons. The smallest absolute Gasteiger partial charge is 0.258 e. The van der Waals surface area contributed by atoms with Crippen LogP contribution in [0.4, 0.5) is 0 Å². The van der Waals surface area contributed by atoms with Crippen molar-refractivity contribution >= 4 is 5.91 Å². The Balaban J connectivity index is 2.87. The number of rotatable bonds is 2. The average Bonchev–Trinajstić information content (AvgIpc) is 2.61. The molecule has 0 saturated heterocycles. The highest BCUT2D eigenvalue weighted by molar-refractivity contribution is 5.95. The molecule has 0 aromatic carbocycles. The summed E-state index contributed by atoms with van der Waals surface area (Å²) in [4.78, 5) is 13.1. The van der Waals surface area contributed by atoms with Gasteiger partial charge in [-0.3, -0.25) is 4.79 Å². The van der Waals surface area contributed by atoms with Crippen LogP contribution in [-0.2, 0) is 0 Å².